The lowest BCUT2D eigenvalue weighted by molar-refractivity contribution is 0.0466. The minimum absolute atomic E-state index is 0.00810. The summed E-state index contributed by atoms with van der Waals surface area (Å²) in [5.41, 5.74) is 0.781. The molecule has 0 aromatic heterocycles. The Bertz CT molecular complexity index is 166. The predicted octanol–water partition coefficient (Wildman–Crippen LogP) is 1.95. The Hall–Kier alpha value is -0.0400. The van der Waals surface area contributed by atoms with Gasteiger partial charge in [-0.3, -0.25) is 0 Å². The Kier molecular flexibility index (Phi) is 1.05. The summed E-state index contributed by atoms with van der Waals surface area (Å²) in [5.74, 6) is 0. The number of hydrogen-bond acceptors (Lipinski definition) is 1. The number of fused-ring (bicyclic) bond motifs is 2. The minimum atomic E-state index is -0.00810. The zero-order chi connectivity index (χ0) is 7.41. The minimum Gasteiger partial charge on any atom is -0.393 e. The summed E-state index contributed by atoms with van der Waals surface area (Å²) in [4.78, 5) is 0. The molecule has 2 aliphatic rings. The van der Waals surface area contributed by atoms with E-state index in [1.807, 2.05) is 0 Å². The van der Waals surface area contributed by atoms with Gasteiger partial charge in [-0.25, -0.2) is 0 Å². The van der Waals surface area contributed by atoms with Crippen molar-refractivity contribution in [2.75, 3.05) is 0 Å². The van der Waals surface area contributed by atoms with E-state index >= 15 is 0 Å². The lowest BCUT2D eigenvalue weighted by Gasteiger charge is -2.28. The largest absolute Gasteiger partial charge is 0.393 e. The third kappa shape index (κ3) is 0.672. The van der Waals surface area contributed by atoms with Crippen LogP contribution in [0.4, 0.5) is 0 Å². The molecular weight excluding hydrogens is 124 g/mol. The fourth-order valence-electron chi connectivity index (χ4n) is 2.91. The highest BCUT2D eigenvalue weighted by molar-refractivity contribution is 5.05. The molecule has 0 radical (unpaired) electrons. The number of aliphatic hydroxyl groups excluding tert-OH is 1. The first-order valence-corrected chi connectivity index (χ1v) is 4.22. The summed E-state index contributed by atoms with van der Waals surface area (Å²) >= 11 is 0. The second kappa shape index (κ2) is 1.58. The Morgan fingerprint density at radius 1 is 1.30 bits per heavy atom. The smallest absolute Gasteiger partial charge is 0.0599 e. The van der Waals surface area contributed by atoms with Crippen molar-refractivity contribution in [3.63, 3.8) is 0 Å². The van der Waals surface area contributed by atoms with Gasteiger partial charge in [0.05, 0.1) is 6.10 Å². The summed E-state index contributed by atoms with van der Waals surface area (Å²) in [6.45, 7) is 4.55. The van der Waals surface area contributed by atoms with E-state index in [1.54, 1.807) is 0 Å². The molecule has 0 saturated heterocycles. The Morgan fingerprint density at radius 2 is 2.00 bits per heavy atom. The molecule has 1 N–H and O–H groups in total. The van der Waals surface area contributed by atoms with Gasteiger partial charge in [0.25, 0.3) is 0 Å². The standard InChI is InChI=1S/C9H16O/c1-8-3-4-9(2,6-8)7(10)5-8/h7,10H,3-6H2,1-2H3. The molecule has 2 fully saturated rings. The molecule has 58 valence electrons. The highest BCUT2D eigenvalue weighted by atomic mass is 16.3. The van der Waals surface area contributed by atoms with E-state index in [4.69, 9.17) is 0 Å². The van der Waals surface area contributed by atoms with Crippen LogP contribution in [0.5, 0.6) is 0 Å². The lowest BCUT2D eigenvalue weighted by atomic mass is 9.82. The van der Waals surface area contributed by atoms with Crippen LogP contribution in [0.15, 0.2) is 0 Å². The molecular formula is C9H16O. The van der Waals surface area contributed by atoms with Crippen molar-refractivity contribution < 1.29 is 5.11 Å². The summed E-state index contributed by atoms with van der Waals surface area (Å²) in [6, 6.07) is 0. The second-order valence-corrected chi connectivity index (χ2v) is 4.86. The van der Waals surface area contributed by atoms with Crippen LogP contribution in [-0.4, -0.2) is 11.2 Å². The quantitative estimate of drug-likeness (QED) is 0.545. The van der Waals surface area contributed by atoms with Crippen molar-refractivity contribution in [3.05, 3.63) is 0 Å². The van der Waals surface area contributed by atoms with Gasteiger partial charge in [-0.05, 0) is 36.5 Å². The van der Waals surface area contributed by atoms with E-state index in [9.17, 15) is 5.11 Å². The Morgan fingerprint density at radius 3 is 2.20 bits per heavy atom. The maximum absolute atomic E-state index is 9.64. The molecule has 2 rings (SSSR count). The molecule has 0 aliphatic heterocycles. The van der Waals surface area contributed by atoms with Gasteiger partial charge in [0.15, 0.2) is 0 Å². The van der Waals surface area contributed by atoms with Crippen LogP contribution in [0, 0.1) is 10.8 Å². The molecule has 2 aliphatic carbocycles. The van der Waals surface area contributed by atoms with Crippen LogP contribution in [0.3, 0.4) is 0 Å². The van der Waals surface area contributed by atoms with Crippen LogP contribution in [0.2, 0.25) is 0 Å². The molecule has 1 nitrogen and oxygen atoms in total. The first-order chi connectivity index (χ1) is 4.54. The van der Waals surface area contributed by atoms with E-state index in [0.717, 1.165) is 6.42 Å². The molecule has 0 aromatic carbocycles. The molecule has 1 heteroatoms. The van der Waals surface area contributed by atoms with E-state index < -0.39 is 0 Å². The molecule has 2 saturated carbocycles. The van der Waals surface area contributed by atoms with Crippen LogP contribution < -0.4 is 0 Å². The van der Waals surface area contributed by atoms with Crippen molar-refractivity contribution in [3.8, 4) is 0 Å². The summed E-state index contributed by atoms with van der Waals surface area (Å²) in [7, 11) is 0. The van der Waals surface area contributed by atoms with Gasteiger partial charge in [0, 0.05) is 0 Å². The predicted molar refractivity (Wildman–Crippen MR) is 40.7 cm³/mol. The molecule has 3 unspecified atom stereocenters. The Labute approximate surface area is 62.4 Å². The molecule has 0 heterocycles. The summed E-state index contributed by atoms with van der Waals surface area (Å²) in [5, 5.41) is 9.64. The van der Waals surface area contributed by atoms with E-state index in [2.05, 4.69) is 13.8 Å². The van der Waals surface area contributed by atoms with Crippen molar-refractivity contribution in [2.45, 2.75) is 45.6 Å². The fraction of sp³-hybridized carbons (Fsp3) is 1.00. The normalized spacial score (nSPS) is 59.7. The van der Waals surface area contributed by atoms with Crippen LogP contribution >= 0.6 is 0 Å². The average Bonchev–Trinajstić information content (AvgIpc) is 2.17. The lowest BCUT2D eigenvalue weighted by Crippen LogP contribution is -2.27. The molecule has 2 bridgehead atoms. The van der Waals surface area contributed by atoms with Gasteiger partial charge in [0.1, 0.15) is 0 Å². The zero-order valence-electron chi connectivity index (χ0n) is 6.85. The third-order valence-corrected chi connectivity index (χ3v) is 3.62. The van der Waals surface area contributed by atoms with Crippen molar-refractivity contribution >= 4 is 0 Å². The maximum Gasteiger partial charge on any atom is 0.0599 e. The number of rotatable bonds is 0. The molecule has 0 spiro atoms. The van der Waals surface area contributed by atoms with Gasteiger partial charge in [-0.1, -0.05) is 13.8 Å². The van der Waals surface area contributed by atoms with Gasteiger partial charge < -0.3 is 5.11 Å². The molecule has 3 atom stereocenters. The number of hydrogen-bond donors (Lipinski definition) is 1. The SMILES string of the molecule is CC12CCC(C)(C1)C(O)C2. The average molecular weight is 140 g/mol. The highest BCUT2D eigenvalue weighted by Crippen LogP contribution is 2.60. The van der Waals surface area contributed by atoms with E-state index in [-0.39, 0.29) is 11.5 Å². The second-order valence-electron chi connectivity index (χ2n) is 4.86. The van der Waals surface area contributed by atoms with E-state index in [1.165, 1.54) is 19.3 Å². The molecule has 0 amide bonds. The van der Waals surface area contributed by atoms with Crippen LogP contribution in [0.1, 0.15) is 39.5 Å². The summed E-state index contributed by atoms with van der Waals surface area (Å²) < 4.78 is 0. The third-order valence-electron chi connectivity index (χ3n) is 3.62. The topological polar surface area (TPSA) is 20.2 Å². The van der Waals surface area contributed by atoms with Crippen molar-refractivity contribution in [1.29, 1.82) is 0 Å². The van der Waals surface area contributed by atoms with E-state index in [0.29, 0.717) is 5.41 Å². The van der Waals surface area contributed by atoms with Gasteiger partial charge >= 0.3 is 0 Å². The van der Waals surface area contributed by atoms with Crippen LogP contribution in [-0.2, 0) is 0 Å². The zero-order valence-corrected chi connectivity index (χ0v) is 6.85. The van der Waals surface area contributed by atoms with Crippen molar-refractivity contribution in [2.24, 2.45) is 10.8 Å². The monoisotopic (exact) mass is 140 g/mol. The maximum atomic E-state index is 9.64. The van der Waals surface area contributed by atoms with Gasteiger partial charge in [-0.2, -0.15) is 0 Å². The fourth-order valence-corrected chi connectivity index (χ4v) is 2.91. The van der Waals surface area contributed by atoms with Gasteiger partial charge in [0.2, 0.25) is 0 Å². The first-order valence-electron chi connectivity index (χ1n) is 4.22. The van der Waals surface area contributed by atoms with Gasteiger partial charge in [-0.15, -0.1) is 0 Å². The van der Waals surface area contributed by atoms with Crippen LogP contribution in [0.25, 0.3) is 0 Å². The molecule has 0 aromatic rings. The highest BCUT2D eigenvalue weighted by Gasteiger charge is 2.54. The summed E-state index contributed by atoms with van der Waals surface area (Å²) in [6.07, 6.45) is 4.86. The number of aliphatic hydroxyl groups is 1. The Balaban J connectivity index is 2.28. The first kappa shape index (κ1) is 6.66. The van der Waals surface area contributed by atoms with Crippen molar-refractivity contribution in [1.82, 2.24) is 0 Å². The molecule has 10 heavy (non-hydrogen) atoms.